The Kier molecular flexibility index (Phi) is 5.15. The van der Waals surface area contributed by atoms with Gasteiger partial charge in [-0.2, -0.15) is 0 Å². The number of hydrogen-bond donors (Lipinski definition) is 2. The van der Waals surface area contributed by atoms with Gasteiger partial charge in [-0.25, -0.2) is 4.98 Å². The van der Waals surface area contributed by atoms with Crippen molar-refractivity contribution in [1.29, 1.82) is 0 Å². The monoisotopic (exact) mass is 431 g/mol. The molecule has 2 atom stereocenters. The lowest BCUT2D eigenvalue weighted by molar-refractivity contribution is -0.121. The highest BCUT2D eigenvalue weighted by molar-refractivity contribution is 7.19. The summed E-state index contributed by atoms with van der Waals surface area (Å²) in [7, 11) is 1.71. The van der Waals surface area contributed by atoms with Crippen molar-refractivity contribution in [3.8, 4) is 16.9 Å². The molecule has 4 aromatic rings. The van der Waals surface area contributed by atoms with Crippen LogP contribution in [0.1, 0.15) is 11.2 Å². The lowest BCUT2D eigenvalue weighted by Gasteiger charge is -2.22. The fourth-order valence-corrected chi connectivity index (χ4v) is 4.81. The first-order valence-electron chi connectivity index (χ1n) is 10.0. The van der Waals surface area contributed by atoms with Gasteiger partial charge in [0, 0.05) is 12.6 Å². The van der Waals surface area contributed by atoms with Crippen LogP contribution in [-0.2, 0) is 4.79 Å². The summed E-state index contributed by atoms with van der Waals surface area (Å²) in [6, 6.07) is 22.7. The molecule has 0 bridgehead atoms. The molecule has 1 unspecified atom stereocenters. The van der Waals surface area contributed by atoms with Gasteiger partial charge < -0.3 is 14.7 Å². The highest BCUT2D eigenvalue weighted by atomic mass is 32.1. The molecule has 1 aromatic heterocycles. The zero-order valence-corrected chi connectivity index (χ0v) is 17.7. The van der Waals surface area contributed by atoms with Crippen molar-refractivity contribution in [2.45, 2.75) is 12.3 Å². The zero-order valence-electron chi connectivity index (χ0n) is 16.9. The summed E-state index contributed by atoms with van der Waals surface area (Å²) in [5, 5.41) is 14.4. The maximum Gasteiger partial charge on any atom is 0.247 e. The van der Waals surface area contributed by atoms with E-state index in [1.807, 2.05) is 60.7 Å². The smallest absolute Gasteiger partial charge is 0.247 e. The van der Waals surface area contributed by atoms with Crippen LogP contribution in [0.4, 0.5) is 5.69 Å². The van der Waals surface area contributed by atoms with Gasteiger partial charge >= 0.3 is 0 Å². The minimum absolute atomic E-state index is 0.122. The summed E-state index contributed by atoms with van der Waals surface area (Å²) >= 11 is 1.42. The Balaban J connectivity index is 1.41. The average molecular weight is 432 g/mol. The Morgan fingerprint density at radius 2 is 1.87 bits per heavy atom. The highest BCUT2D eigenvalue weighted by Crippen LogP contribution is 2.35. The van der Waals surface area contributed by atoms with Crippen molar-refractivity contribution in [2.24, 2.45) is 0 Å². The molecule has 0 saturated heterocycles. The Labute approximate surface area is 183 Å². The minimum Gasteiger partial charge on any atom is -0.489 e. The van der Waals surface area contributed by atoms with Crippen molar-refractivity contribution in [1.82, 2.24) is 10.3 Å². The molecule has 0 aliphatic carbocycles. The SMILES string of the molecule is CN1C(=O)[C@@H](NC(O)c2nc3cccc(-c4ccccc4)c3s2)COc2ccccc21. The third-order valence-corrected chi connectivity index (χ3v) is 6.53. The number of anilines is 1. The first-order chi connectivity index (χ1) is 15.1. The van der Waals surface area contributed by atoms with Crippen molar-refractivity contribution < 1.29 is 14.6 Å². The van der Waals surface area contributed by atoms with Gasteiger partial charge in [-0.05, 0) is 23.8 Å². The Bertz CT molecular complexity index is 1240. The van der Waals surface area contributed by atoms with Crippen LogP contribution < -0.4 is 15.0 Å². The fourth-order valence-electron chi connectivity index (χ4n) is 3.76. The number of nitrogens with zero attached hydrogens (tertiary/aromatic N) is 2. The van der Waals surface area contributed by atoms with Gasteiger partial charge in [0.1, 0.15) is 23.4 Å². The van der Waals surface area contributed by atoms with Crippen molar-refractivity contribution in [3.05, 3.63) is 77.8 Å². The summed E-state index contributed by atoms with van der Waals surface area (Å²) < 4.78 is 6.82. The predicted molar refractivity (Wildman–Crippen MR) is 122 cm³/mol. The minimum atomic E-state index is -1.09. The predicted octanol–water partition coefficient (Wildman–Crippen LogP) is 3.97. The van der Waals surface area contributed by atoms with Crippen LogP contribution >= 0.6 is 11.3 Å². The second-order valence-electron chi connectivity index (χ2n) is 7.37. The Morgan fingerprint density at radius 3 is 2.71 bits per heavy atom. The van der Waals surface area contributed by atoms with E-state index in [0.717, 1.165) is 21.3 Å². The van der Waals surface area contributed by atoms with E-state index in [-0.39, 0.29) is 12.5 Å². The average Bonchev–Trinajstić information content (AvgIpc) is 3.22. The molecule has 0 spiro atoms. The Morgan fingerprint density at radius 1 is 1.10 bits per heavy atom. The quantitative estimate of drug-likeness (QED) is 0.479. The molecule has 3 aromatic carbocycles. The molecular weight excluding hydrogens is 410 g/mol. The van der Waals surface area contributed by atoms with E-state index >= 15 is 0 Å². The molecule has 0 saturated carbocycles. The molecule has 1 amide bonds. The number of ether oxygens (including phenoxy) is 1. The van der Waals surface area contributed by atoms with E-state index in [1.165, 1.54) is 11.3 Å². The second-order valence-corrected chi connectivity index (χ2v) is 8.40. The summed E-state index contributed by atoms with van der Waals surface area (Å²) in [6.07, 6.45) is -1.09. The van der Waals surface area contributed by atoms with Crippen LogP contribution in [0.25, 0.3) is 21.3 Å². The van der Waals surface area contributed by atoms with Gasteiger partial charge in [-0.1, -0.05) is 54.6 Å². The highest BCUT2D eigenvalue weighted by Gasteiger charge is 2.31. The first-order valence-corrected chi connectivity index (χ1v) is 10.8. The number of rotatable bonds is 4. The number of aromatic nitrogens is 1. The summed E-state index contributed by atoms with van der Waals surface area (Å²) in [6.45, 7) is 0.122. The topological polar surface area (TPSA) is 74.7 Å². The maximum absolute atomic E-state index is 12.9. The summed E-state index contributed by atoms with van der Waals surface area (Å²) in [4.78, 5) is 19.1. The van der Waals surface area contributed by atoms with E-state index in [4.69, 9.17) is 4.74 Å². The van der Waals surface area contributed by atoms with Gasteiger partial charge in [-0.3, -0.25) is 10.1 Å². The molecule has 2 heterocycles. The van der Waals surface area contributed by atoms with Crippen LogP contribution in [0.3, 0.4) is 0 Å². The van der Waals surface area contributed by atoms with Crippen molar-refractivity contribution in [2.75, 3.05) is 18.6 Å². The fraction of sp³-hybridized carbons (Fsp3) is 0.167. The van der Waals surface area contributed by atoms with E-state index in [0.29, 0.717) is 16.4 Å². The van der Waals surface area contributed by atoms with Crippen molar-refractivity contribution >= 4 is 33.1 Å². The van der Waals surface area contributed by atoms with Crippen molar-refractivity contribution in [3.63, 3.8) is 0 Å². The summed E-state index contributed by atoms with van der Waals surface area (Å²) in [5.74, 6) is 0.472. The number of thiazole rings is 1. The molecule has 1 aliphatic heterocycles. The van der Waals surface area contributed by atoms with Crippen LogP contribution in [0.5, 0.6) is 5.75 Å². The van der Waals surface area contributed by atoms with Gasteiger partial charge in [0.2, 0.25) is 5.91 Å². The van der Waals surface area contributed by atoms with E-state index in [2.05, 4.69) is 22.4 Å². The number of nitrogens with one attached hydrogen (secondary N) is 1. The third kappa shape index (κ3) is 3.67. The number of hydrogen-bond acceptors (Lipinski definition) is 6. The molecule has 0 fully saturated rings. The van der Waals surface area contributed by atoms with Crippen LogP contribution in [0.15, 0.2) is 72.8 Å². The normalized spacial score (nSPS) is 17.2. The van der Waals surface area contributed by atoms with Crippen LogP contribution in [-0.4, -0.2) is 35.7 Å². The first kappa shape index (κ1) is 19.7. The molecule has 156 valence electrons. The van der Waals surface area contributed by atoms with Crippen LogP contribution in [0.2, 0.25) is 0 Å². The van der Waals surface area contributed by atoms with Gasteiger partial charge in [0.25, 0.3) is 0 Å². The molecular formula is C24H21N3O3S. The third-order valence-electron chi connectivity index (χ3n) is 5.37. The number of aliphatic hydroxyl groups is 1. The second kappa shape index (κ2) is 8.11. The van der Waals surface area contributed by atoms with Gasteiger partial charge in [0.05, 0.1) is 15.9 Å². The standard InChI is InChI=1S/C24H21N3O3S/c1-27-19-12-5-6-13-20(19)30-14-18(24(27)29)25-22(28)23-26-17-11-7-10-16(21(17)31-23)15-8-3-2-4-9-15/h2-13,18,22,25,28H,14H2,1H3/t18-,22?/m0/s1. The number of amides is 1. The number of likely N-dealkylation sites (N-methyl/N-ethyl adjacent to an activating group) is 1. The lowest BCUT2D eigenvalue weighted by Crippen LogP contribution is -2.48. The van der Waals surface area contributed by atoms with E-state index in [9.17, 15) is 9.90 Å². The molecule has 31 heavy (non-hydrogen) atoms. The summed E-state index contributed by atoms with van der Waals surface area (Å²) in [5.41, 5.74) is 3.68. The molecule has 7 heteroatoms. The molecule has 1 aliphatic rings. The number of carbonyl (C=O) groups excluding carboxylic acids is 1. The number of carbonyl (C=O) groups is 1. The van der Waals surface area contributed by atoms with Crippen LogP contribution in [0, 0.1) is 0 Å². The Hall–Kier alpha value is -3.26. The molecule has 5 rings (SSSR count). The van der Waals surface area contributed by atoms with E-state index in [1.54, 1.807) is 11.9 Å². The zero-order chi connectivity index (χ0) is 21.4. The number of para-hydroxylation sites is 2. The maximum atomic E-state index is 12.9. The largest absolute Gasteiger partial charge is 0.489 e. The molecule has 6 nitrogen and oxygen atoms in total. The number of benzene rings is 3. The van der Waals surface area contributed by atoms with Gasteiger partial charge in [-0.15, -0.1) is 11.3 Å². The van der Waals surface area contributed by atoms with E-state index < -0.39 is 12.3 Å². The number of fused-ring (bicyclic) bond motifs is 2. The lowest BCUT2D eigenvalue weighted by atomic mass is 10.1. The van der Waals surface area contributed by atoms with Gasteiger partial charge in [0.15, 0.2) is 6.23 Å². The molecule has 0 radical (unpaired) electrons. The molecule has 2 N–H and O–H groups in total. The number of aliphatic hydroxyl groups excluding tert-OH is 1.